The van der Waals surface area contributed by atoms with Crippen molar-refractivity contribution in [3.8, 4) is 17.2 Å². The first kappa shape index (κ1) is 25.4. The van der Waals surface area contributed by atoms with E-state index < -0.39 is 0 Å². The number of oxazole rings is 1. The van der Waals surface area contributed by atoms with Crippen LogP contribution in [0.1, 0.15) is 56.7 Å². The molecule has 1 heterocycles. The number of fused-ring (bicyclic) bond motifs is 1. The summed E-state index contributed by atoms with van der Waals surface area (Å²) in [5.41, 5.74) is 6.39. The minimum absolute atomic E-state index is 0.403. The first-order chi connectivity index (χ1) is 16.7. The fraction of sp³-hybridized carbons (Fsp3) is 0.310. The lowest BCUT2D eigenvalue weighted by atomic mass is 10.0. The van der Waals surface area contributed by atoms with Gasteiger partial charge in [0, 0.05) is 27.6 Å². The van der Waals surface area contributed by atoms with Crippen molar-refractivity contribution in [2.75, 3.05) is 7.11 Å². The van der Waals surface area contributed by atoms with Crippen molar-refractivity contribution in [2.45, 2.75) is 56.2 Å². The van der Waals surface area contributed by atoms with Crippen LogP contribution in [0.3, 0.4) is 0 Å². The molecule has 4 rings (SSSR count). The number of thiol groups is 2. The second-order valence-corrected chi connectivity index (χ2v) is 10.5. The second kappa shape index (κ2) is 10.9. The van der Waals surface area contributed by atoms with Gasteiger partial charge >= 0.3 is 0 Å². The highest BCUT2D eigenvalue weighted by atomic mass is 32.1. The molecule has 6 heteroatoms. The number of ether oxygens (including phenoxy) is 1. The summed E-state index contributed by atoms with van der Waals surface area (Å²) < 4.78 is 11.6. The Labute approximate surface area is 218 Å². The molecule has 0 saturated heterocycles. The van der Waals surface area contributed by atoms with Crippen LogP contribution in [0.25, 0.3) is 22.6 Å². The maximum atomic E-state index is 6.05. The molecular weight excluding hydrogens is 472 g/mol. The van der Waals surface area contributed by atoms with Crippen molar-refractivity contribution in [1.82, 2.24) is 4.98 Å². The molecule has 182 valence electrons. The monoisotopic (exact) mass is 504 g/mol. The van der Waals surface area contributed by atoms with Crippen molar-refractivity contribution in [1.29, 1.82) is 0 Å². The van der Waals surface area contributed by atoms with Crippen LogP contribution >= 0.6 is 25.3 Å². The van der Waals surface area contributed by atoms with Crippen LogP contribution in [-0.4, -0.2) is 18.3 Å². The summed E-state index contributed by atoms with van der Waals surface area (Å²) in [7, 11) is 1.63. The van der Waals surface area contributed by atoms with Gasteiger partial charge < -0.3 is 9.15 Å². The smallest absolute Gasteiger partial charge is 0.227 e. The minimum Gasteiger partial charge on any atom is -0.494 e. The normalized spacial score (nSPS) is 11.9. The van der Waals surface area contributed by atoms with E-state index in [0.29, 0.717) is 34.7 Å². The summed E-state index contributed by atoms with van der Waals surface area (Å²) in [5.74, 6) is 2.24. The molecule has 1 aromatic heterocycles. The van der Waals surface area contributed by atoms with Crippen molar-refractivity contribution in [3.05, 3.63) is 65.2 Å². The molecule has 4 aromatic rings. The largest absolute Gasteiger partial charge is 0.494 e. The van der Waals surface area contributed by atoms with Crippen LogP contribution in [0.15, 0.2) is 67.7 Å². The van der Waals surface area contributed by atoms with Crippen molar-refractivity contribution in [2.24, 2.45) is 10.9 Å². The molecule has 0 amide bonds. The molecule has 0 atom stereocenters. The van der Waals surface area contributed by atoms with E-state index in [-0.39, 0.29) is 0 Å². The van der Waals surface area contributed by atoms with Gasteiger partial charge in [-0.25, -0.2) is 4.98 Å². The van der Waals surface area contributed by atoms with Gasteiger partial charge in [-0.2, -0.15) is 0 Å². The predicted molar refractivity (Wildman–Crippen MR) is 151 cm³/mol. The third-order valence-electron chi connectivity index (χ3n) is 6.04. The zero-order valence-corrected chi connectivity index (χ0v) is 22.7. The Bertz CT molecular complexity index is 1370. The number of aliphatic imine (C=N–C) groups is 1. The molecule has 0 spiro atoms. The summed E-state index contributed by atoms with van der Waals surface area (Å²) in [6, 6.07) is 16.1. The molecular formula is C29H32N2O2S2. The average molecular weight is 505 g/mol. The molecule has 4 nitrogen and oxygen atoms in total. The van der Waals surface area contributed by atoms with E-state index in [1.165, 1.54) is 11.1 Å². The number of nitrogens with zero attached hydrogens (tertiary/aromatic N) is 2. The summed E-state index contributed by atoms with van der Waals surface area (Å²) in [6.07, 6.45) is 4.01. The average Bonchev–Trinajstić information content (AvgIpc) is 3.24. The molecule has 0 aliphatic heterocycles. The fourth-order valence-corrected chi connectivity index (χ4v) is 4.77. The lowest BCUT2D eigenvalue weighted by Crippen LogP contribution is -1.94. The fourth-order valence-electron chi connectivity index (χ4n) is 3.96. The van der Waals surface area contributed by atoms with Crippen LogP contribution in [-0.2, 0) is 6.42 Å². The molecule has 0 fully saturated rings. The summed E-state index contributed by atoms with van der Waals surface area (Å²) in [6.45, 7) is 8.78. The van der Waals surface area contributed by atoms with Crippen molar-refractivity contribution in [3.63, 3.8) is 0 Å². The molecule has 3 aromatic carbocycles. The van der Waals surface area contributed by atoms with Gasteiger partial charge in [-0.05, 0) is 65.6 Å². The molecule has 0 bridgehead atoms. The van der Waals surface area contributed by atoms with E-state index in [4.69, 9.17) is 19.1 Å². The van der Waals surface area contributed by atoms with Gasteiger partial charge in [0.25, 0.3) is 0 Å². The van der Waals surface area contributed by atoms with Gasteiger partial charge in [0.1, 0.15) is 17.0 Å². The summed E-state index contributed by atoms with van der Waals surface area (Å²) in [4.78, 5) is 11.3. The van der Waals surface area contributed by atoms with Crippen LogP contribution < -0.4 is 4.74 Å². The summed E-state index contributed by atoms with van der Waals surface area (Å²) in [5, 5.41) is 0. The van der Waals surface area contributed by atoms with Crippen molar-refractivity contribution >= 4 is 48.3 Å². The lowest BCUT2D eigenvalue weighted by Gasteiger charge is -2.09. The molecule has 0 aliphatic rings. The van der Waals surface area contributed by atoms with Gasteiger partial charge in [0.15, 0.2) is 5.58 Å². The Hall–Kier alpha value is -2.70. The Kier molecular flexibility index (Phi) is 7.92. The maximum Gasteiger partial charge on any atom is 0.227 e. The van der Waals surface area contributed by atoms with Gasteiger partial charge in [-0.3, -0.25) is 4.99 Å². The Morgan fingerprint density at radius 2 is 1.80 bits per heavy atom. The first-order valence-corrected chi connectivity index (χ1v) is 12.8. The van der Waals surface area contributed by atoms with Gasteiger partial charge in [-0.1, -0.05) is 45.9 Å². The zero-order chi connectivity index (χ0) is 25.1. The predicted octanol–water partition coefficient (Wildman–Crippen LogP) is 8.54. The third-order valence-corrected chi connectivity index (χ3v) is 6.85. The van der Waals surface area contributed by atoms with Gasteiger partial charge in [-0.15, -0.1) is 25.3 Å². The quantitative estimate of drug-likeness (QED) is 0.187. The molecule has 0 unspecified atom stereocenters. The van der Waals surface area contributed by atoms with Gasteiger partial charge in [0.2, 0.25) is 5.89 Å². The van der Waals surface area contributed by atoms with E-state index in [9.17, 15) is 0 Å². The topological polar surface area (TPSA) is 47.6 Å². The summed E-state index contributed by atoms with van der Waals surface area (Å²) >= 11 is 9.34. The highest BCUT2D eigenvalue weighted by molar-refractivity contribution is 7.80. The molecule has 35 heavy (non-hydrogen) atoms. The highest BCUT2D eigenvalue weighted by Gasteiger charge is 2.14. The number of benzene rings is 3. The van der Waals surface area contributed by atoms with Crippen LogP contribution in [0.2, 0.25) is 0 Å². The number of rotatable bonds is 8. The minimum atomic E-state index is 0.403. The van der Waals surface area contributed by atoms with E-state index in [2.05, 4.69) is 77.2 Å². The Morgan fingerprint density at radius 1 is 1.00 bits per heavy atom. The van der Waals surface area contributed by atoms with E-state index in [1.807, 2.05) is 30.5 Å². The van der Waals surface area contributed by atoms with Crippen molar-refractivity contribution < 1.29 is 9.15 Å². The second-order valence-electron chi connectivity index (χ2n) is 9.52. The Morgan fingerprint density at radius 3 is 2.46 bits per heavy atom. The number of hydrogen-bond donors (Lipinski definition) is 2. The van der Waals surface area contributed by atoms with E-state index in [1.54, 1.807) is 7.11 Å². The lowest BCUT2D eigenvalue weighted by molar-refractivity contribution is 0.416. The van der Waals surface area contributed by atoms with Crippen LogP contribution in [0, 0.1) is 5.92 Å². The molecule has 0 N–H and O–H groups in total. The molecule has 0 saturated carbocycles. The zero-order valence-electron chi connectivity index (χ0n) is 20.9. The number of aryl methyl sites for hydroxylation is 1. The number of aromatic nitrogens is 1. The highest BCUT2D eigenvalue weighted by Crippen LogP contribution is 2.36. The van der Waals surface area contributed by atoms with E-state index in [0.717, 1.165) is 39.3 Å². The van der Waals surface area contributed by atoms with Crippen LogP contribution in [0.4, 0.5) is 5.69 Å². The number of methoxy groups -OCH3 is 1. The Balaban J connectivity index is 1.62. The standard InChI is InChI=1S/C29H32N2O2S2/c1-17(2)6-8-20-9-7-19(12-27(20)34)16-30-23-14-24-26(15-25(23)32-5)33-29(31-24)21-10-11-22(18(3)4)28(35)13-21/h7,9-18,34-35H,6,8H2,1-5H3. The third kappa shape index (κ3) is 5.93. The van der Waals surface area contributed by atoms with E-state index >= 15 is 0 Å². The maximum absolute atomic E-state index is 6.05. The first-order valence-electron chi connectivity index (χ1n) is 11.9. The van der Waals surface area contributed by atoms with Gasteiger partial charge in [0.05, 0.1) is 7.11 Å². The SMILES string of the molecule is COc1cc2oc(-c3ccc(C(C)C)c(S)c3)nc2cc1N=Cc1ccc(CCC(C)C)c(S)c1. The molecule has 0 aliphatic carbocycles. The molecule has 0 radical (unpaired) electrons. The van der Waals surface area contributed by atoms with Crippen LogP contribution in [0.5, 0.6) is 5.75 Å². The number of hydrogen-bond acceptors (Lipinski definition) is 6.